The van der Waals surface area contributed by atoms with Gasteiger partial charge in [0.25, 0.3) is 10.0 Å². The summed E-state index contributed by atoms with van der Waals surface area (Å²) < 4.78 is 33.7. The van der Waals surface area contributed by atoms with Gasteiger partial charge in [-0.1, -0.05) is 17.7 Å². The molecule has 1 aliphatic rings. The van der Waals surface area contributed by atoms with Crippen LogP contribution in [0.15, 0.2) is 47.4 Å². The molecule has 0 bridgehead atoms. The standard InChI is InChI=1S/C22H28ClN3O4S/c1-16-4-9-20(30-3)21(14-16)31(28,29)26(19-7-5-17(23)6-8-19)15-22(27)24-18-10-12-25(2)13-11-18/h4-9,14,18H,10-13,15H2,1-3H3,(H,24,27). The molecule has 1 saturated heterocycles. The Morgan fingerprint density at radius 3 is 2.45 bits per heavy atom. The minimum absolute atomic E-state index is 0.0111. The smallest absolute Gasteiger partial charge is 0.268 e. The fraction of sp³-hybridized carbons (Fsp3) is 0.409. The number of hydrogen-bond donors (Lipinski definition) is 1. The minimum Gasteiger partial charge on any atom is -0.495 e. The molecule has 1 aliphatic heterocycles. The van der Waals surface area contributed by atoms with Crippen molar-refractivity contribution in [3.8, 4) is 5.75 Å². The summed E-state index contributed by atoms with van der Waals surface area (Å²) in [7, 11) is -0.617. The second-order valence-corrected chi connectivity index (χ2v) is 10.1. The molecule has 1 heterocycles. The lowest BCUT2D eigenvalue weighted by Crippen LogP contribution is -2.47. The molecule has 0 saturated carbocycles. The molecule has 31 heavy (non-hydrogen) atoms. The van der Waals surface area contributed by atoms with E-state index in [0.29, 0.717) is 10.7 Å². The van der Waals surface area contributed by atoms with Gasteiger partial charge in [0.05, 0.1) is 12.8 Å². The molecule has 0 atom stereocenters. The average molecular weight is 466 g/mol. The van der Waals surface area contributed by atoms with Gasteiger partial charge in [0.15, 0.2) is 0 Å². The van der Waals surface area contributed by atoms with Gasteiger partial charge in [-0.15, -0.1) is 0 Å². The van der Waals surface area contributed by atoms with Crippen LogP contribution in [0.2, 0.25) is 5.02 Å². The summed E-state index contributed by atoms with van der Waals surface area (Å²) in [5.41, 5.74) is 1.12. The highest BCUT2D eigenvalue weighted by Gasteiger charge is 2.31. The number of carbonyl (C=O) groups is 1. The van der Waals surface area contributed by atoms with Crippen LogP contribution in [0, 0.1) is 6.92 Å². The number of benzene rings is 2. The molecular weight excluding hydrogens is 438 g/mol. The van der Waals surface area contributed by atoms with Gasteiger partial charge in [-0.3, -0.25) is 9.10 Å². The van der Waals surface area contributed by atoms with Gasteiger partial charge in [-0.2, -0.15) is 0 Å². The van der Waals surface area contributed by atoms with Gasteiger partial charge in [0.2, 0.25) is 5.91 Å². The first-order valence-electron chi connectivity index (χ1n) is 10.1. The number of methoxy groups -OCH3 is 1. The molecule has 168 valence electrons. The number of carbonyl (C=O) groups excluding carboxylic acids is 1. The van der Waals surface area contributed by atoms with Gasteiger partial charge in [0.1, 0.15) is 17.2 Å². The predicted octanol–water partition coefficient (Wildman–Crippen LogP) is 3.06. The summed E-state index contributed by atoms with van der Waals surface area (Å²) in [4.78, 5) is 15.1. The Hall–Kier alpha value is -2.29. The average Bonchev–Trinajstić information content (AvgIpc) is 2.74. The number of aryl methyl sites for hydroxylation is 1. The van der Waals surface area contributed by atoms with E-state index in [0.717, 1.165) is 35.8 Å². The van der Waals surface area contributed by atoms with Crippen molar-refractivity contribution in [1.29, 1.82) is 0 Å². The topological polar surface area (TPSA) is 79.0 Å². The predicted molar refractivity (Wildman–Crippen MR) is 122 cm³/mol. The normalized spacial score (nSPS) is 15.5. The highest BCUT2D eigenvalue weighted by atomic mass is 35.5. The number of nitrogens with zero attached hydrogens (tertiary/aromatic N) is 2. The van der Waals surface area contributed by atoms with E-state index < -0.39 is 10.0 Å². The number of nitrogens with one attached hydrogen (secondary N) is 1. The maximum atomic E-state index is 13.6. The van der Waals surface area contributed by atoms with E-state index in [1.54, 1.807) is 49.4 Å². The van der Waals surface area contributed by atoms with Crippen LogP contribution in [0.5, 0.6) is 5.75 Å². The molecule has 9 heteroatoms. The quantitative estimate of drug-likeness (QED) is 0.679. The van der Waals surface area contributed by atoms with Crippen LogP contribution in [-0.2, 0) is 14.8 Å². The van der Waals surface area contributed by atoms with Gasteiger partial charge in [-0.25, -0.2) is 8.42 Å². The van der Waals surface area contributed by atoms with E-state index in [1.807, 2.05) is 7.05 Å². The Balaban J connectivity index is 1.92. The number of anilines is 1. The van der Waals surface area contributed by atoms with Crippen molar-refractivity contribution in [2.24, 2.45) is 0 Å². The van der Waals surface area contributed by atoms with Crippen LogP contribution in [-0.4, -0.2) is 59.1 Å². The number of amides is 1. The summed E-state index contributed by atoms with van der Waals surface area (Å²) in [6.45, 7) is 3.25. The summed E-state index contributed by atoms with van der Waals surface area (Å²) in [6, 6.07) is 11.3. The maximum Gasteiger partial charge on any atom is 0.268 e. The van der Waals surface area contributed by atoms with Gasteiger partial charge >= 0.3 is 0 Å². The van der Waals surface area contributed by atoms with Crippen molar-refractivity contribution in [3.05, 3.63) is 53.1 Å². The van der Waals surface area contributed by atoms with E-state index in [2.05, 4.69) is 10.2 Å². The van der Waals surface area contributed by atoms with E-state index in [9.17, 15) is 13.2 Å². The van der Waals surface area contributed by atoms with E-state index >= 15 is 0 Å². The molecule has 2 aromatic carbocycles. The fourth-order valence-electron chi connectivity index (χ4n) is 3.58. The molecule has 1 fully saturated rings. The Morgan fingerprint density at radius 1 is 1.19 bits per heavy atom. The SMILES string of the molecule is COc1ccc(C)cc1S(=O)(=O)N(CC(=O)NC1CCN(C)CC1)c1ccc(Cl)cc1. The molecule has 3 rings (SSSR count). The largest absolute Gasteiger partial charge is 0.495 e. The number of ether oxygens (including phenoxy) is 1. The molecule has 0 spiro atoms. The van der Waals surface area contributed by atoms with Crippen LogP contribution in [0.3, 0.4) is 0 Å². The Bertz CT molecular complexity index is 1020. The minimum atomic E-state index is -4.08. The second-order valence-electron chi connectivity index (χ2n) is 7.79. The highest BCUT2D eigenvalue weighted by molar-refractivity contribution is 7.93. The van der Waals surface area contributed by atoms with Crippen molar-refractivity contribution >= 4 is 33.2 Å². The molecular formula is C22H28ClN3O4S. The van der Waals surface area contributed by atoms with Crippen LogP contribution < -0.4 is 14.4 Å². The van der Waals surface area contributed by atoms with E-state index in [4.69, 9.17) is 16.3 Å². The lowest BCUT2D eigenvalue weighted by atomic mass is 10.1. The molecule has 0 radical (unpaired) electrons. The zero-order valence-corrected chi connectivity index (χ0v) is 19.5. The van der Waals surface area contributed by atoms with E-state index in [1.165, 1.54) is 7.11 Å². The van der Waals surface area contributed by atoms with Crippen molar-refractivity contribution in [2.75, 3.05) is 38.1 Å². The van der Waals surface area contributed by atoms with Crippen LogP contribution in [0.4, 0.5) is 5.69 Å². The van der Waals surface area contributed by atoms with Gasteiger partial charge < -0.3 is 15.0 Å². The highest BCUT2D eigenvalue weighted by Crippen LogP contribution is 2.31. The summed E-state index contributed by atoms with van der Waals surface area (Å²) in [5.74, 6) is -0.125. The van der Waals surface area contributed by atoms with Crippen molar-refractivity contribution in [1.82, 2.24) is 10.2 Å². The van der Waals surface area contributed by atoms with Gasteiger partial charge in [-0.05, 0) is 81.9 Å². The number of rotatable bonds is 7. The van der Waals surface area contributed by atoms with Crippen molar-refractivity contribution in [3.63, 3.8) is 0 Å². The number of hydrogen-bond acceptors (Lipinski definition) is 5. The fourth-order valence-corrected chi connectivity index (χ4v) is 5.37. The zero-order valence-electron chi connectivity index (χ0n) is 18.0. The Morgan fingerprint density at radius 2 is 1.84 bits per heavy atom. The molecule has 0 aromatic heterocycles. The third kappa shape index (κ3) is 5.70. The Kier molecular flexibility index (Phi) is 7.46. The lowest BCUT2D eigenvalue weighted by Gasteiger charge is -2.30. The van der Waals surface area contributed by atoms with Crippen LogP contribution >= 0.6 is 11.6 Å². The first-order valence-corrected chi connectivity index (χ1v) is 11.9. The summed E-state index contributed by atoms with van der Waals surface area (Å²) >= 11 is 5.99. The summed E-state index contributed by atoms with van der Waals surface area (Å²) in [6.07, 6.45) is 1.67. The van der Waals surface area contributed by atoms with Crippen molar-refractivity contribution in [2.45, 2.75) is 30.7 Å². The van der Waals surface area contributed by atoms with Crippen LogP contribution in [0.25, 0.3) is 0 Å². The van der Waals surface area contributed by atoms with Crippen molar-refractivity contribution < 1.29 is 17.9 Å². The number of piperidine rings is 1. The zero-order chi connectivity index (χ0) is 22.6. The molecule has 7 nitrogen and oxygen atoms in total. The number of halogens is 1. The van der Waals surface area contributed by atoms with E-state index in [-0.39, 0.29) is 29.1 Å². The molecule has 0 unspecified atom stereocenters. The molecule has 1 N–H and O–H groups in total. The lowest BCUT2D eigenvalue weighted by molar-refractivity contribution is -0.120. The first-order chi connectivity index (χ1) is 14.7. The number of sulfonamides is 1. The molecule has 2 aromatic rings. The molecule has 0 aliphatic carbocycles. The first kappa shape index (κ1) is 23.4. The molecule has 1 amide bonds. The monoisotopic (exact) mass is 465 g/mol. The van der Waals surface area contributed by atoms with Crippen LogP contribution in [0.1, 0.15) is 18.4 Å². The third-order valence-electron chi connectivity index (χ3n) is 5.37. The summed E-state index contributed by atoms with van der Waals surface area (Å²) in [5, 5.41) is 3.46. The third-order valence-corrected chi connectivity index (χ3v) is 7.42. The number of likely N-dealkylation sites (tertiary alicyclic amines) is 1. The van der Waals surface area contributed by atoms with Gasteiger partial charge in [0, 0.05) is 11.1 Å². The second kappa shape index (κ2) is 9.89. The maximum absolute atomic E-state index is 13.6. The Labute approximate surface area is 189 Å².